The number of amides is 1. The molecule has 0 saturated carbocycles. The monoisotopic (exact) mass is 511 g/mol. The Balaban J connectivity index is 2.20. The van der Waals surface area contributed by atoms with Crippen molar-refractivity contribution in [1.29, 1.82) is 0 Å². The number of carbonyl (C=O) groups is 1. The highest BCUT2D eigenvalue weighted by molar-refractivity contribution is 6.31. The van der Waals surface area contributed by atoms with Crippen LogP contribution in [0.1, 0.15) is 38.7 Å². The standard InChI is InChI=1S/C24H28Cl2FN3O4/c1-14(2)10-11-29-19(13-31)22(30(33)34)20(17-8-5-9-18(26)21(17)27)24(29,3)23(32)28-16-7-4-6-15(25)12-16/h4-9,12,14,19-20,22,31H,10-11,13H2,1-3H3,(H,28,32)/t19-,20-,22+,24+/m0/s1. The quantitative estimate of drug-likeness (QED) is 0.384. The molecule has 1 fully saturated rings. The summed E-state index contributed by atoms with van der Waals surface area (Å²) in [4.78, 5) is 27.3. The van der Waals surface area contributed by atoms with Crippen molar-refractivity contribution in [3.8, 4) is 0 Å². The molecule has 1 amide bonds. The molecule has 4 atom stereocenters. The van der Waals surface area contributed by atoms with Gasteiger partial charge in [0, 0.05) is 27.7 Å². The highest BCUT2D eigenvalue weighted by Gasteiger charge is 2.66. The number of carbonyl (C=O) groups excluding carboxylic acids is 1. The Bertz CT molecular complexity index is 1070. The summed E-state index contributed by atoms with van der Waals surface area (Å²) in [7, 11) is 0. The summed E-state index contributed by atoms with van der Waals surface area (Å²) in [5, 5.41) is 25.5. The van der Waals surface area contributed by atoms with Gasteiger partial charge in [0.05, 0.1) is 17.5 Å². The van der Waals surface area contributed by atoms with E-state index in [9.17, 15) is 20.0 Å². The fourth-order valence-electron chi connectivity index (χ4n) is 4.87. The van der Waals surface area contributed by atoms with E-state index in [1.165, 1.54) is 18.2 Å². The number of nitro groups is 1. The van der Waals surface area contributed by atoms with Crippen molar-refractivity contribution >= 4 is 34.8 Å². The van der Waals surface area contributed by atoms with Crippen LogP contribution in [-0.4, -0.2) is 51.6 Å². The normalized spacial score (nSPS) is 25.0. The zero-order chi connectivity index (χ0) is 25.2. The highest BCUT2D eigenvalue weighted by atomic mass is 35.5. The molecule has 1 heterocycles. The minimum Gasteiger partial charge on any atom is -0.394 e. The molecule has 0 aliphatic carbocycles. The third-order valence-corrected chi connectivity index (χ3v) is 7.10. The first kappa shape index (κ1) is 26.3. The Morgan fingerprint density at radius 3 is 2.56 bits per heavy atom. The summed E-state index contributed by atoms with van der Waals surface area (Å²) in [5.41, 5.74) is -1.21. The van der Waals surface area contributed by atoms with Crippen LogP contribution in [0.2, 0.25) is 10.0 Å². The fourth-order valence-corrected chi connectivity index (χ4v) is 5.24. The second kappa shape index (κ2) is 10.6. The largest absolute Gasteiger partial charge is 0.394 e. The first-order chi connectivity index (χ1) is 16.0. The lowest BCUT2D eigenvalue weighted by molar-refractivity contribution is -0.528. The van der Waals surface area contributed by atoms with Gasteiger partial charge in [0.25, 0.3) is 0 Å². The van der Waals surface area contributed by atoms with Crippen LogP contribution in [0.3, 0.4) is 0 Å². The molecule has 10 heteroatoms. The van der Waals surface area contributed by atoms with Crippen LogP contribution in [0, 0.1) is 21.8 Å². The summed E-state index contributed by atoms with van der Waals surface area (Å²) in [6, 6.07) is 8.32. The van der Waals surface area contributed by atoms with Gasteiger partial charge in [-0.3, -0.25) is 19.8 Å². The van der Waals surface area contributed by atoms with Crippen LogP contribution in [-0.2, 0) is 4.79 Å². The van der Waals surface area contributed by atoms with Crippen LogP contribution in [0.4, 0.5) is 10.1 Å². The van der Waals surface area contributed by atoms with Crippen LogP contribution < -0.4 is 5.32 Å². The van der Waals surface area contributed by atoms with Crippen molar-refractivity contribution < 1.29 is 19.2 Å². The maximum atomic E-state index is 15.3. The van der Waals surface area contributed by atoms with E-state index in [1.807, 2.05) is 13.8 Å². The van der Waals surface area contributed by atoms with Crippen LogP contribution in [0.25, 0.3) is 0 Å². The first-order valence-corrected chi connectivity index (χ1v) is 11.8. The van der Waals surface area contributed by atoms with Gasteiger partial charge >= 0.3 is 0 Å². The molecule has 1 saturated heterocycles. The molecule has 0 unspecified atom stereocenters. The third kappa shape index (κ3) is 4.91. The van der Waals surface area contributed by atoms with E-state index in [2.05, 4.69) is 5.32 Å². The van der Waals surface area contributed by atoms with Gasteiger partial charge in [-0.1, -0.05) is 55.2 Å². The third-order valence-electron chi connectivity index (χ3n) is 6.57. The van der Waals surface area contributed by atoms with Crippen LogP contribution in [0.5, 0.6) is 0 Å². The maximum absolute atomic E-state index is 15.3. The smallest absolute Gasteiger partial charge is 0.245 e. The van der Waals surface area contributed by atoms with Crippen molar-refractivity contribution in [2.75, 3.05) is 18.5 Å². The van der Waals surface area contributed by atoms with Gasteiger partial charge < -0.3 is 10.4 Å². The number of aliphatic hydroxyl groups excluding tert-OH is 1. The van der Waals surface area contributed by atoms with Crippen molar-refractivity contribution in [2.45, 2.75) is 50.7 Å². The molecule has 0 bridgehead atoms. The van der Waals surface area contributed by atoms with Crippen molar-refractivity contribution in [1.82, 2.24) is 4.90 Å². The average Bonchev–Trinajstić information content (AvgIpc) is 3.03. The number of aliphatic hydroxyl groups is 1. The lowest BCUT2D eigenvalue weighted by Crippen LogP contribution is -2.56. The van der Waals surface area contributed by atoms with E-state index >= 15 is 4.39 Å². The zero-order valence-corrected chi connectivity index (χ0v) is 20.7. The molecule has 2 N–H and O–H groups in total. The molecule has 184 valence electrons. The number of anilines is 1. The molecule has 0 aromatic heterocycles. The van der Waals surface area contributed by atoms with Gasteiger partial charge in [-0.05, 0) is 43.5 Å². The Hall–Kier alpha value is -2.26. The van der Waals surface area contributed by atoms with Gasteiger partial charge in [-0.2, -0.15) is 0 Å². The van der Waals surface area contributed by atoms with Crippen molar-refractivity contribution in [3.63, 3.8) is 0 Å². The summed E-state index contributed by atoms with van der Waals surface area (Å²) in [6.45, 7) is 5.28. The molecule has 1 aliphatic rings. The van der Waals surface area contributed by atoms with Gasteiger partial charge in [0.1, 0.15) is 17.4 Å². The molecular formula is C24H28Cl2FN3O4. The molecule has 0 radical (unpaired) electrons. The summed E-state index contributed by atoms with van der Waals surface area (Å²) in [6.07, 6.45) is 0.617. The lowest BCUT2D eigenvalue weighted by atomic mass is 9.77. The van der Waals surface area contributed by atoms with E-state index in [4.69, 9.17) is 23.2 Å². The lowest BCUT2D eigenvalue weighted by Gasteiger charge is -2.39. The molecule has 7 nitrogen and oxygen atoms in total. The molecule has 2 aromatic rings. The topological polar surface area (TPSA) is 95.7 Å². The Kier molecular flexibility index (Phi) is 8.18. The van der Waals surface area contributed by atoms with Crippen LogP contribution in [0.15, 0.2) is 42.5 Å². The molecule has 2 aromatic carbocycles. The predicted molar refractivity (Wildman–Crippen MR) is 130 cm³/mol. The fraction of sp³-hybridized carbons (Fsp3) is 0.458. The van der Waals surface area contributed by atoms with E-state index in [-0.39, 0.29) is 16.5 Å². The number of hydrogen-bond acceptors (Lipinski definition) is 5. The minimum absolute atomic E-state index is 0.0385. The Morgan fingerprint density at radius 2 is 1.97 bits per heavy atom. The molecular weight excluding hydrogens is 484 g/mol. The molecule has 34 heavy (non-hydrogen) atoms. The van der Waals surface area contributed by atoms with E-state index < -0.39 is 46.8 Å². The van der Waals surface area contributed by atoms with Crippen molar-refractivity contribution in [2.24, 2.45) is 5.92 Å². The molecule has 3 rings (SSSR count). The summed E-state index contributed by atoms with van der Waals surface area (Å²) in [5.74, 6) is -2.36. The Labute approximate surface area is 208 Å². The van der Waals surface area contributed by atoms with Gasteiger partial charge in [-0.15, -0.1) is 0 Å². The van der Waals surface area contributed by atoms with E-state index in [0.717, 1.165) is 0 Å². The number of likely N-dealkylation sites (tertiary alicyclic amines) is 1. The predicted octanol–water partition coefficient (Wildman–Crippen LogP) is 4.98. The summed E-state index contributed by atoms with van der Waals surface area (Å²) >= 11 is 12.1. The number of nitrogens with zero attached hydrogens (tertiary/aromatic N) is 2. The van der Waals surface area contributed by atoms with Gasteiger partial charge in [0.2, 0.25) is 11.9 Å². The zero-order valence-electron chi connectivity index (χ0n) is 19.2. The number of halogens is 3. The second-order valence-corrected chi connectivity index (χ2v) is 9.98. The highest BCUT2D eigenvalue weighted by Crippen LogP contribution is 2.49. The maximum Gasteiger partial charge on any atom is 0.245 e. The average molecular weight is 512 g/mol. The minimum atomic E-state index is -1.58. The van der Waals surface area contributed by atoms with E-state index in [1.54, 1.807) is 36.1 Å². The molecule has 0 spiro atoms. The number of rotatable bonds is 8. The van der Waals surface area contributed by atoms with E-state index in [0.29, 0.717) is 23.7 Å². The Morgan fingerprint density at radius 1 is 1.29 bits per heavy atom. The van der Waals surface area contributed by atoms with Gasteiger partial charge in [0.15, 0.2) is 0 Å². The number of benzene rings is 2. The van der Waals surface area contributed by atoms with Crippen molar-refractivity contribution in [3.05, 3.63) is 74.0 Å². The number of nitrogens with one attached hydrogen (secondary N) is 1. The molecule has 1 aliphatic heterocycles. The van der Waals surface area contributed by atoms with Gasteiger partial charge in [-0.25, -0.2) is 4.39 Å². The SMILES string of the molecule is CC(C)CCN1[C@@H](CO)[C@@H]([N+](=O)[O-])[C@H](c2cccc(Cl)c2F)[C@]1(C)C(=O)Nc1cccc(Cl)c1. The number of hydrogen-bond donors (Lipinski definition) is 2. The van der Waals surface area contributed by atoms with Crippen LogP contribution >= 0.6 is 23.2 Å². The summed E-state index contributed by atoms with van der Waals surface area (Å²) < 4.78 is 15.3. The first-order valence-electron chi connectivity index (χ1n) is 11.0. The second-order valence-electron chi connectivity index (χ2n) is 9.13.